The first-order valence-electron chi connectivity index (χ1n) is 23.6. The Bertz CT molecular complexity index is 3220. The van der Waals surface area contributed by atoms with E-state index < -0.39 is 0 Å². The molecular formula is C68H64. The highest BCUT2D eigenvalue weighted by molar-refractivity contribution is 5.98. The van der Waals surface area contributed by atoms with Gasteiger partial charge in [0.2, 0.25) is 0 Å². The van der Waals surface area contributed by atoms with Crippen molar-refractivity contribution in [1.82, 2.24) is 0 Å². The Morgan fingerprint density at radius 1 is 0.294 bits per heavy atom. The van der Waals surface area contributed by atoms with Gasteiger partial charge in [-0.1, -0.05) is 207 Å². The van der Waals surface area contributed by atoms with Crippen LogP contribution in [-0.4, -0.2) is 0 Å². The maximum atomic E-state index is 4.68. The van der Waals surface area contributed by atoms with Gasteiger partial charge >= 0.3 is 0 Å². The lowest BCUT2D eigenvalue weighted by Gasteiger charge is -2.20. The monoisotopic (exact) mass is 881 g/mol. The van der Waals surface area contributed by atoms with E-state index in [0.29, 0.717) is 0 Å². The van der Waals surface area contributed by atoms with Crippen LogP contribution in [0.15, 0.2) is 243 Å². The van der Waals surface area contributed by atoms with E-state index in [-0.39, 0.29) is 0 Å². The minimum absolute atomic E-state index is 1.03. The van der Waals surface area contributed by atoms with Crippen LogP contribution < -0.4 is 0 Å². The van der Waals surface area contributed by atoms with E-state index in [1.54, 1.807) is 0 Å². The van der Waals surface area contributed by atoms with Crippen LogP contribution in [0.1, 0.15) is 86.1 Å². The molecule has 0 unspecified atom stereocenters. The molecule has 8 aromatic rings. The fraction of sp³-hybridized carbons (Fsp3) is 0.118. The van der Waals surface area contributed by atoms with Crippen LogP contribution in [0.5, 0.6) is 0 Å². The molecule has 0 heterocycles. The van der Waals surface area contributed by atoms with Gasteiger partial charge in [-0.25, -0.2) is 0 Å². The molecule has 336 valence electrons. The van der Waals surface area contributed by atoms with Crippen molar-refractivity contribution in [3.63, 3.8) is 0 Å². The first-order chi connectivity index (χ1) is 32.8. The van der Waals surface area contributed by atoms with Crippen LogP contribution in [0.25, 0.3) is 66.8 Å². The molecule has 0 atom stereocenters. The van der Waals surface area contributed by atoms with Gasteiger partial charge in [0, 0.05) is 0 Å². The summed E-state index contributed by atoms with van der Waals surface area (Å²) in [6.45, 7) is 30.5. The average Bonchev–Trinajstić information content (AvgIpc) is 3.39. The van der Waals surface area contributed by atoms with Crippen molar-refractivity contribution < 1.29 is 0 Å². The Morgan fingerprint density at radius 2 is 0.647 bits per heavy atom. The quantitative estimate of drug-likeness (QED) is 0.107. The van der Waals surface area contributed by atoms with Crippen molar-refractivity contribution in [2.45, 2.75) is 55.4 Å². The molecule has 0 heteroatoms. The summed E-state index contributed by atoms with van der Waals surface area (Å²) < 4.78 is 0. The molecule has 8 aromatic carbocycles. The van der Waals surface area contributed by atoms with Gasteiger partial charge in [0.1, 0.15) is 0 Å². The van der Waals surface area contributed by atoms with Gasteiger partial charge < -0.3 is 0 Å². The van der Waals surface area contributed by atoms with E-state index in [1.165, 1.54) is 106 Å². The maximum absolute atomic E-state index is 4.68. The Labute approximate surface area is 407 Å². The van der Waals surface area contributed by atoms with E-state index in [0.717, 1.165) is 22.3 Å². The predicted octanol–water partition coefficient (Wildman–Crippen LogP) is 19.5. The molecule has 0 spiro atoms. The fourth-order valence-corrected chi connectivity index (χ4v) is 8.85. The zero-order valence-corrected chi connectivity index (χ0v) is 41.3. The number of benzene rings is 8. The number of hydrogen-bond acceptors (Lipinski definition) is 0. The molecule has 0 aliphatic rings. The summed E-state index contributed by atoms with van der Waals surface area (Å²) in [6.07, 6.45) is 0. The smallest absolute Gasteiger partial charge is 0.0114 e. The molecular weight excluding hydrogens is 817 g/mol. The summed E-state index contributed by atoms with van der Waals surface area (Å²) in [7, 11) is 0. The van der Waals surface area contributed by atoms with Crippen LogP contribution in [0.2, 0.25) is 0 Å². The standard InChI is InChI=1S/C49H44.C19H20/c1-33(2)40-20-13-22-42(29-40)44-24-15-26-46(31-44)47-27-16-25-45(32-47)43-23-14-21-41(30-43)36(5)38(7)49(48-28-12-11-17-34(48)3)37(6)35(4)39-18-9-8-10-19-39;1-14-10-8-9-13-19(14)17(4)15(2)16(3)18-11-6-5-7-12-18/h8-32H,1,5H2,2-4,6-7H3;5-13H,4H2,1-3H3/b37-35+,49-38+;16-15+. The molecule has 8 rings (SSSR count). The normalized spacial score (nSPS) is 12.1. The molecule has 0 nitrogen and oxygen atoms in total. The highest BCUT2D eigenvalue weighted by Gasteiger charge is 2.17. The van der Waals surface area contributed by atoms with Crippen molar-refractivity contribution in [2.75, 3.05) is 0 Å². The minimum Gasteiger partial charge on any atom is -0.0955 e. The zero-order valence-electron chi connectivity index (χ0n) is 41.3. The third-order valence-corrected chi connectivity index (χ3v) is 13.4. The molecule has 0 bridgehead atoms. The van der Waals surface area contributed by atoms with Crippen LogP contribution in [0.4, 0.5) is 0 Å². The lowest BCUT2D eigenvalue weighted by molar-refractivity contribution is 1.36. The van der Waals surface area contributed by atoms with Crippen LogP contribution in [0.3, 0.4) is 0 Å². The van der Waals surface area contributed by atoms with Crippen LogP contribution in [-0.2, 0) is 0 Å². The number of rotatable bonds is 12. The summed E-state index contributed by atoms with van der Waals surface area (Å²) in [5, 5.41) is 0. The SMILES string of the molecule is C=C(/C(C)=C(\C)c1ccccc1)c1ccccc1C.C=C(C)c1cccc(-c2cccc(-c3cccc(-c4cccc(C(=C)/C(C)=C(\C(C)=C(/C)c5ccccc5)c5ccccc5C)c4)c3)c2)c1. The highest BCUT2D eigenvalue weighted by atomic mass is 14.2. The predicted molar refractivity (Wildman–Crippen MR) is 300 cm³/mol. The van der Waals surface area contributed by atoms with Crippen LogP contribution >= 0.6 is 0 Å². The van der Waals surface area contributed by atoms with Gasteiger partial charge in [0.05, 0.1) is 0 Å². The first kappa shape index (κ1) is 48.1. The number of hydrogen-bond donors (Lipinski definition) is 0. The molecule has 0 amide bonds. The van der Waals surface area contributed by atoms with E-state index in [1.807, 2.05) is 6.07 Å². The second kappa shape index (κ2) is 22.1. The summed E-state index contributed by atoms with van der Waals surface area (Å²) in [5.41, 5.74) is 27.6. The second-order valence-electron chi connectivity index (χ2n) is 17.9. The zero-order chi connectivity index (χ0) is 48.3. The van der Waals surface area contributed by atoms with E-state index in [4.69, 9.17) is 0 Å². The molecule has 0 aliphatic heterocycles. The Hall–Kier alpha value is -7.80. The Kier molecular flexibility index (Phi) is 15.7. The van der Waals surface area contributed by atoms with Crippen molar-refractivity contribution in [2.24, 2.45) is 0 Å². The van der Waals surface area contributed by atoms with Crippen LogP contribution in [0, 0.1) is 13.8 Å². The third kappa shape index (κ3) is 11.2. The van der Waals surface area contributed by atoms with Gasteiger partial charge in [-0.05, 0) is 202 Å². The molecule has 0 saturated carbocycles. The first-order valence-corrected chi connectivity index (χ1v) is 23.6. The summed E-state index contributed by atoms with van der Waals surface area (Å²) >= 11 is 0. The van der Waals surface area contributed by atoms with Crippen molar-refractivity contribution in [3.05, 3.63) is 287 Å². The van der Waals surface area contributed by atoms with Crippen molar-refractivity contribution in [1.29, 1.82) is 0 Å². The molecule has 0 aliphatic carbocycles. The van der Waals surface area contributed by atoms with Gasteiger partial charge in [-0.3, -0.25) is 0 Å². The molecule has 0 fully saturated rings. The summed E-state index contributed by atoms with van der Waals surface area (Å²) in [4.78, 5) is 0. The number of aryl methyl sites for hydroxylation is 2. The van der Waals surface area contributed by atoms with Crippen molar-refractivity contribution >= 4 is 33.4 Å². The lowest BCUT2D eigenvalue weighted by atomic mass is 9.84. The van der Waals surface area contributed by atoms with Gasteiger partial charge in [0.15, 0.2) is 0 Å². The second-order valence-corrected chi connectivity index (χ2v) is 17.9. The summed E-state index contributed by atoms with van der Waals surface area (Å²) in [6, 6.07) is 73.3. The number of allylic oxidation sites excluding steroid dienone is 9. The van der Waals surface area contributed by atoms with Gasteiger partial charge in [0.25, 0.3) is 0 Å². The molecule has 68 heavy (non-hydrogen) atoms. The Morgan fingerprint density at radius 3 is 1.10 bits per heavy atom. The fourth-order valence-electron chi connectivity index (χ4n) is 8.85. The van der Waals surface area contributed by atoms with E-state index in [9.17, 15) is 0 Å². The Balaban J connectivity index is 0.000000301. The van der Waals surface area contributed by atoms with E-state index >= 15 is 0 Å². The largest absolute Gasteiger partial charge is 0.0955 e. The average molecular weight is 881 g/mol. The van der Waals surface area contributed by atoms with Crippen molar-refractivity contribution in [3.8, 4) is 33.4 Å². The molecule has 0 aromatic heterocycles. The van der Waals surface area contributed by atoms with Gasteiger partial charge in [-0.15, -0.1) is 0 Å². The highest BCUT2D eigenvalue weighted by Crippen LogP contribution is 2.39. The third-order valence-electron chi connectivity index (χ3n) is 13.4. The molecule has 0 saturated heterocycles. The minimum atomic E-state index is 1.03. The molecule has 0 radical (unpaired) electrons. The summed E-state index contributed by atoms with van der Waals surface area (Å²) in [5.74, 6) is 0. The lowest BCUT2D eigenvalue weighted by Crippen LogP contribution is -1.99. The topological polar surface area (TPSA) is 0 Å². The molecule has 0 N–H and O–H groups in total. The maximum Gasteiger partial charge on any atom is -0.0114 e. The van der Waals surface area contributed by atoms with E-state index in [2.05, 4.69) is 275 Å². The van der Waals surface area contributed by atoms with Gasteiger partial charge in [-0.2, -0.15) is 0 Å².